The summed E-state index contributed by atoms with van der Waals surface area (Å²) in [5.41, 5.74) is 0.941. The summed E-state index contributed by atoms with van der Waals surface area (Å²) in [6.45, 7) is 5.74. The van der Waals surface area contributed by atoms with Gasteiger partial charge in [0.15, 0.2) is 0 Å². The minimum absolute atomic E-state index is 0.276. The summed E-state index contributed by atoms with van der Waals surface area (Å²) in [4.78, 5) is 10.6. The van der Waals surface area contributed by atoms with Crippen molar-refractivity contribution in [2.45, 2.75) is 13.5 Å². The minimum Gasteiger partial charge on any atom is -0.490 e. The van der Waals surface area contributed by atoms with Gasteiger partial charge < -0.3 is 9.47 Å². The largest absolute Gasteiger partial charge is 0.490 e. The maximum atomic E-state index is 10.6. The summed E-state index contributed by atoms with van der Waals surface area (Å²) in [6, 6.07) is 7.40. The molecule has 0 fully saturated rings. The monoisotopic (exact) mass is 206 g/mol. The van der Waals surface area contributed by atoms with Gasteiger partial charge in [0.1, 0.15) is 19.0 Å². The lowest BCUT2D eigenvalue weighted by atomic mass is 10.2. The molecule has 1 aromatic carbocycles. The molecule has 0 amide bonds. The van der Waals surface area contributed by atoms with Crippen molar-refractivity contribution in [3.63, 3.8) is 0 Å². The minimum atomic E-state index is -0.276. The molecule has 0 saturated heterocycles. The number of hydrogen-bond donors (Lipinski definition) is 0. The fourth-order valence-corrected chi connectivity index (χ4v) is 1.02. The van der Waals surface area contributed by atoms with Gasteiger partial charge in [-0.15, -0.1) is 0 Å². The Kier molecular flexibility index (Phi) is 4.41. The van der Waals surface area contributed by atoms with E-state index in [1.54, 1.807) is 6.08 Å². The first-order valence-electron chi connectivity index (χ1n) is 4.68. The first-order valence-corrected chi connectivity index (χ1v) is 4.68. The van der Waals surface area contributed by atoms with Crippen LogP contribution in [0.3, 0.4) is 0 Å². The van der Waals surface area contributed by atoms with E-state index in [-0.39, 0.29) is 5.97 Å². The molecule has 1 aromatic rings. The van der Waals surface area contributed by atoms with E-state index in [4.69, 9.17) is 9.47 Å². The van der Waals surface area contributed by atoms with E-state index in [9.17, 15) is 4.79 Å². The van der Waals surface area contributed by atoms with E-state index in [2.05, 4.69) is 6.58 Å². The zero-order valence-corrected chi connectivity index (χ0v) is 8.73. The second-order valence-corrected chi connectivity index (χ2v) is 3.02. The van der Waals surface area contributed by atoms with Gasteiger partial charge in [-0.3, -0.25) is 4.79 Å². The fourth-order valence-electron chi connectivity index (χ4n) is 1.02. The van der Waals surface area contributed by atoms with Gasteiger partial charge in [0, 0.05) is 6.92 Å². The molecular formula is C12H14O3. The number of carbonyl (C=O) groups excluding carboxylic acids is 1. The molecule has 0 spiro atoms. The molecule has 0 aliphatic rings. The van der Waals surface area contributed by atoms with E-state index in [1.165, 1.54) is 6.92 Å². The number of rotatable bonds is 5. The summed E-state index contributed by atoms with van der Waals surface area (Å²) in [5.74, 6) is 0.503. The van der Waals surface area contributed by atoms with Crippen LogP contribution >= 0.6 is 0 Å². The Balaban J connectivity index is 2.48. The molecule has 0 unspecified atom stereocenters. The van der Waals surface area contributed by atoms with Gasteiger partial charge in [0.05, 0.1) is 0 Å². The maximum absolute atomic E-state index is 10.6. The molecule has 0 heterocycles. The van der Waals surface area contributed by atoms with Crippen molar-refractivity contribution in [1.82, 2.24) is 0 Å². The second kappa shape index (κ2) is 5.86. The standard InChI is InChI=1S/C12H14O3/c1-3-8-14-12-6-4-11(5-7-12)9-15-10(2)13/h3-7H,1,8-9H2,2H3. The Labute approximate surface area is 89.3 Å². The predicted molar refractivity (Wildman–Crippen MR) is 57.6 cm³/mol. The van der Waals surface area contributed by atoms with Crippen LogP contribution in [0.4, 0.5) is 0 Å². The third kappa shape index (κ3) is 4.31. The highest BCUT2D eigenvalue weighted by atomic mass is 16.5. The third-order valence-electron chi connectivity index (χ3n) is 1.73. The van der Waals surface area contributed by atoms with Crippen molar-refractivity contribution < 1.29 is 14.3 Å². The third-order valence-corrected chi connectivity index (χ3v) is 1.73. The Bertz CT molecular complexity index is 327. The van der Waals surface area contributed by atoms with Crippen LogP contribution in [0.25, 0.3) is 0 Å². The SMILES string of the molecule is C=CCOc1ccc(COC(C)=O)cc1. The fraction of sp³-hybridized carbons (Fsp3) is 0.250. The van der Waals surface area contributed by atoms with E-state index in [1.807, 2.05) is 24.3 Å². The van der Waals surface area contributed by atoms with Gasteiger partial charge in [-0.05, 0) is 17.7 Å². The van der Waals surface area contributed by atoms with Gasteiger partial charge in [0.2, 0.25) is 0 Å². The van der Waals surface area contributed by atoms with Crippen molar-refractivity contribution in [2.24, 2.45) is 0 Å². The van der Waals surface area contributed by atoms with E-state index >= 15 is 0 Å². The van der Waals surface area contributed by atoms with Crippen LogP contribution in [0.1, 0.15) is 12.5 Å². The van der Waals surface area contributed by atoms with Crippen LogP contribution in [0.15, 0.2) is 36.9 Å². The van der Waals surface area contributed by atoms with Crippen LogP contribution in [0, 0.1) is 0 Å². The number of ether oxygens (including phenoxy) is 2. The number of benzene rings is 1. The van der Waals surface area contributed by atoms with Crippen LogP contribution in [-0.2, 0) is 16.1 Å². The Hall–Kier alpha value is -1.77. The Morgan fingerprint density at radius 3 is 2.60 bits per heavy atom. The summed E-state index contributed by atoms with van der Waals surface area (Å²) < 4.78 is 10.2. The molecule has 0 aliphatic carbocycles. The van der Waals surface area contributed by atoms with E-state index in [0.717, 1.165) is 11.3 Å². The average Bonchev–Trinajstić information content (AvgIpc) is 2.25. The van der Waals surface area contributed by atoms with Gasteiger partial charge in [-0.2, -0.15) is 0 Å². The predicted octanol–water partition coefficient (Wildman–Crippen LogP) is 2.31. The summed E-state index contributed by atoms with van der Waals surface area (Å²) in [6.07, 6.45) is 1.69. The average molecular weight is 206 g/mol. The summed E-state index contributed by atoms with van der Waals surface area (Å²) in [5, 5.41) is 0. The number of hydrogen-bond acceptors (Lipinski definition) is 3. The topological polar surface area (TPSA) is 35.5 Å². The zero-order chi connectivity index (χ0) is 11.1. The van der Waals surface area contributed by atoms with Crippen molar-refractivity contribution in [3.05, 3.63) is 42.5 Å². The van der Waals surface area contributed by atoms with Crippen LogP contribution < -0.4 is 4.74 Å². The lowest BCUT2D eigenvalue weighted by Crippen LogP contribution is -1.99. The lowest BCUT2D eigenvalue weighted by Gasteiger charge is -2.05. The smallest absolute Gasteiger partial charge is 0.302 e. The molecule has 0 aromatic heterocycles. The normalized spacial score (nSPS) is 9.40. The zero-order valence-electron chi connectivity index (χ0n) is 8.73. The molecule has 80 valence electrons. The van der Waals surface area contributed by atoms with Crippen molar-refractivity contribution in [1.29, 1.82) is 0 Å². The quantitative estimate of drug-likeness (QED) is 0.548. The molecule has 1 rings (SSSR count). The highest BCUT2D eigenvalue weighted by Gasteiger charge is 1.97. The van der Waals surface area contributed by atoms with E-state index in [0.29, 0.717) is 13.2 Å². The first-order chi connectivity index (χ1) is 7.22. The molecule has 3 heteroatoms. The molecular weight excluding hydrogens is 192 g/mol. The molecule has 0 radical (unpaired) electrons. The highest BCUT2D eigenvalue weighted by molar-refractivity contribution is 5.65. The summed E-state index contributed by atoms with van der Waals surface area (Å²) in [7, 11) is 0. The van der Waals surface area contributed by atoms with Gasteiger partial charge in [-0.25, -0.2) is 0 Å². The van der Waals surface area contributed by atoms with Gasteiger partial charge >= 0.3 is 5.97 Å². The summed E-state index contributed by atoms with van der Waals surface area (Å²) >= 11 is 0. The molecule has 0 atom stereocenters. The van der Waals surface area contributed by atoms with Crippen molar-refractivity contribution in [2.75, 3.05) is 6.61 Å². The number of esters is 1. The Morgan fingerprint density at radius 2 is 2.07 bits per heavy atom. The number of carbonyl (C=O) groups is 1. The second-order valence-electron chi connectivity index (χ2n) is 3.02. The molecule has 0 bridgehead atoms. The molecule has 15 heavy (non-hydrogen) atoms. The molecule has 0 N–H and O–H groups in total. The molecule has 3 nitrogen and oxygen atoms in total. The first kappa shape index (κ1) is 11.3. The van der Waals surface area contributed by atoms with Crippen LogP contribution in [0.5, 0.6) is 5.75 Å². The highest BCUT2D eigenvalue weighted by Crippen LogP contribution is 2.12. The van der Waals surface area contributed by atoms with Crippen molar-refractivity contribution >= 4 is 5.97 Å². The van der Waals surface area contributed by atoms with E-state index < -0.39 is 0 Å². The van der Waals surface area contributed by atoms with Crippen molar-refractivity contribution in [3.8, 4) is 5.75 Å². The van der Waals surface area contributed by atoms with Gasteiger partial charge in [0.25, 0.3) is 0 Å². The molecule has 0 saturated carbocycles. The lowest BCUT2D eigenvalue weighted by molar-refractivity contribution is -0.142. The maximum Gasteiger partial charge on any atom is 0.302 e. The Morgan fingerprint density at radius 1 is 1.40 bits per heavy atom. The van der Waals surface area contributed by atoms with Gasteiger partial charge in [-0.1, -0.05) is 24.8 Å². The van der Waals surface area contributed by atoms with Crippen LogP contribution in [-0.4, -0.2) is 12.6 Å². The molecule has 0 aliphatic heterocycles. The van der Waals surface area contributed by atoms with Crippen LogP contribution in [0.2, 0.25) is 0 Å².